The van der Waals surface area contributed by atoms with Crippen molar-refractivity contribution >= 4 is 39.6 Å². The van der Waals surface area contributed by atoms with Crippen molar-refractivity contribution in [1.82, 2.24) is 5.32 Å². The van der Waals surface area contributed by atoms with Crippen LogP contribution in [0.15, 0.2) is 71.2 Å². The summed E-state index contributed by atoms with van der Waals surface area (Å²) >= 11 is 9.46. The van der Waals surface area contributed by atoms with E-state index < -0.39 is 18.1 Å². The summed E-state index contributed by atoms with van der Waals surface area (Å²) in [4.78, 5) is 24.0. The van der Waals surface area contributed by atoms with Crippen LogP contribution in [0.3, 0.4) is 0 Å². The molecule has 1 atom stereocenters. The SMILES string of the molecule is O=C(O)C[C@@H](NC(=O)OCC1c2ccccc2-c2ccccc21)c1cc(Cl)ccc1Br. The van der Waals surface area contributed by atoms with Gasteiger partial charge in [0.1, 0.15) is 6.61 Å². The average molecular weight is 501 g/mol. The minimum Gasteiger partial charge on any atom is -0.481 e. The van der Waals surface area contributed by atoms with Crippen LogP contribution in [-0.2, 0) is 9.53 Å². The first-order chi connectivity index (χ1) is 14.9. The summed E-state index contributed by atoms with van der Waals surface area (Å²) in [6, 6.07) is 20.4. The van der Waals surface area contributed by atoms with E-state index >= 15 is 0 Å². The largest absolute Gasteiger partial charge is 0.481 e. The van der Waals surface area contributed by atoms with Gasteiger partial charge in [-0.05, 0) is 46.0 Å². The van der Waals surface area contributed by atoms with E-state index in [1.807, 2.05) is 36.4 Å². The van der Waals surface area contributed by atoms with Gasteiger partial charge in [0.2, 0.25) is 0 Å². The summed E-state index contributed by atoms with van der Waals surface area (Å²) in [6.07, 6.45) is -0.983. The van der Waals surface area contributed by atoms with Crippen molar-refractivity contribution in [2.24, 2.45) is 0 Å². The number of ether oxygens (including phenoxy) is 1. The standard InChI is InChI=1S/C24H19BrClNO4/c25-21-10-9-14(26)11-19(21)22(12-23(28)29)27-24(30)31-13-20-17-7-3-1-5-15(17)16-6-2-4-8-18(16)20/h1-11,20,22H,12-13H2,(H,27,30)(H,28,29)/t22-/m1/s1. The first kappa shape index (κ1) is 21.4. The minimum absolute atomic E-state index is 0.0750. The zero-order chi connectivity index (χ0) is 22.0. The second kappa shape index (κ2) is 9.12. The van der Waals surface area contributed by atoms with Crippen molar-refractivity contribution in [3.8, 4) is 11.1 Å². The molecule has 1 aliphatic rings. The van der Waals surface area contributed by atoms with Crippen LogP contribution in [0.1, 0.15) is 35.1 Å². The van der Waals surface area contributed by atoms with Gasteiger partial charge in [0.15, 0.2) is 0 Å². The summed E-state index contributed by atoms with van der Waals surface area (Å²) in [5.41, 5.74) is 5.06. The summed E-state index contributed by atoms with van der Waals surface area (Å²) in [5, 5.41) is 12.4. The van der Waals surface area contributed by atoms with E-state index in [-0.39, 0.29) is 18.9 Å². The number of carbonyl (C=O) groups is 2. The molecule has 3 aromatic rings. The Morgan fingerprint density at radius 1 is 1.03 bits per heavy atom. The normalized spacial score (nSPS) is 13.2. The van der Waals surface area contributed by atoms with Crippen LogP contribution in [0.2, 0.25) is 5.02 Å². The molecule has 0 aromatic heterocycles. The number of benzene rings is 3. The summed E-state index contributed by atoms with van der Waals surface area (Å²) < 4.78 is 6.21. The first-order valence-corrected chi connectivity index (χ1v) is 10.9. The number of aliphatic carboxylic acids is 1. The minimum atomic E-state index is -1.05. The van der Waals surface area contributed by atoms with Crippen molar-refractivity contribution in [1.29, 1.82) is 0 Å². The van der Waals surface area contributed by atoms with E-state index in [0.29, 0.717) is 15.1 Å². The van der Waals surface area contributed by atoms with Gasteiger partial charge in [-0.1, -0.05) is 76.1 Å². The van der Waals surface area contributed by atoms with Gasteiger partial charge in [0.25, 0.3) is 0 Å². The van der Waals surface area contributed by atoms with Gasteiger partial charge in [-0.25, -0.2) is 4.79 Å². The zero-order valence-electron chi connectivity index (χ0n) is 16.3. The maximum Gasteiger partial charge on any atom is 0.407 e. The quantitative estimate of drug-likeness (QED) is 0.425. The lowest BCUT2D eigenvalue weighted by Gasteiger charge is -2.20. The Kier molecular flexibility index (Phi) is 6.30. The molecule has 7 heteroatoms. The molecule has 0 saturated carbocycles. The van der Waals surface area contributed by atoms with Crippen molar-refractivity contribution in [2.75, 3.05) is 6.61 Å². The molecule has 0 saturated heterocycles. The van der Waals surface area contributed by atoms with Crippen LogP contribution in [0.4, 0.5) is 4.79 Å². The van der Waals surface area contributed by atoms with Gasteiger partial charge in [0.05, 0.1) is 12.5 Å². The maximum absolute atomic E-state index is 12.6. The number of rotatable bonds is 6. The molecule has 158 valence electrons. The molecule has 1 aliphatic carbocycles. The highest BCUT2D eigenvalue weighted by Gasteiger charge is 2.29. The van der Waals surface area contributed by atoms with E-state index in [9.17, 15) is 14.7 Å². The van der Waals surface area contributed by atoms with E-state index in [2.05, 4.69) is 33.4 Å². The van der Waals surface area contributed by atoms with Gasteiger partial charge < -0.3 is 15.2 Å². The van der Waals surface area contributed by atoms with Crippen LogP contribution in [0.5, 0.6) is 0 Å². The third kappa shape index (κ3) is 4.60. The fourth-order valence-corrected chi connectivity index (χ4v) is 4.68. The summed E-state index contributed by atoms with van der Waals surface area (Å²) in [7, 11) is 0. The third-order valence-corrected chi connectivity index (χ3v) is 6.31. The van der Waals surface area contributed by atoms with Crippen LogP contribution in [0, 0.1) is 0 Å². The van der Waals surface area contributed by atoms with Gasteiger partial charge in [-0.15, -0.1) is 0 Å². The van der Waals surface area contributed by atoms with Gasteiger partial charge in [-0.2, -0.15) is 0 Å². The second-order valence-corrected chi connectivity index (χ2v) is 8.58. The van der Waals surface area contributed by atoms with E-state index in [1.54, 1.807) is 18.2 Å². The number of halogens is 2. The third-order valence-electron chi connectivity index (χ3n) is 5.35. The number of carbonyl (C=O) groups excluding carboxylic acids is 1. The van der Waals surface area contributed by atoms with Gasteiger partial charge in [-0.3, -0.25) is 4.79 Å². The molecular weight excluding hydrogens is 482 g/mol. The first-order valence-electron chi connectivity index (χ1n) is 9.72. The molecule has 3 aromatic carbocycles. The van der Waals surface area contributed by atoms with E-state index in [4.69, 9.17) is 16.3 Å². The highest BCUT2D eigenvalue weighted by Crippen LogP contribution is 2.44. The average Bonchev–Trinajstić information content (AvgIpc) is 3.07. The predicted molar refractivity (Wildman–Crippen MR) is 122 cm³/mol. The van der Waals surface area contributed by atoms with Crippen molar-refractivity contribution in [3.05, 3.63) is 92.9 Å². The Morgan fingerprint density at radius 2 is 1.65 bits per heavy atom. The molecule has 5 nitrogen and oxygen atoms in total. The number of alkyl carbamates (subject to hydrolysis) is 1. The fourth-order valence-electron chi connectivity index (χ4n) is 3.98. The van der Waals surface area contributed by atoms with Gasteiger partial charge in [0, 0.05) is 15.4 Å². The number of hydrogen-bond acceptors (Lipinski definition) is 3. The van der Waals surface area contributed by atoms with Crippen molar-refractivity contribution < 1.29 is 19.4 Å². The van der Waals surface area contributed by atoms with Crippen molar-refractivity contribution in [2.45, 2.75) is 18.4 Å². The number of amides is 1. The molecule has 4 rings (SSSR count). The molecule has 0 radical (unpaired) electrons. The van der Waals surface area contributed by atoms with E-state index in [0.717, 1.165) is 22.3 Å². The Hall–Kier alpha value is -2.83. The Balaban J connectivity index is 1.50. The molecule has 0 spiro atoms. The van der Waals surface area contributed by atoms with Gasteiger partial charge >= 0.3 is 12.1 Å². The molecule has 31 heavy (non-hydrogen) atoms. The molecular formula is C24H19BrClNO4. The van der Waals surface area contributed by atoms with Crippen LogP contribution >= 0.6 is 27.5 Å². The molecule has 0 heterocycles. The topological polar surface area (TPSA) is 75.6 Å². The summed E-state index contributed by atoms with van der Waals surface area (Å²) in [6.45, 7) is 0.149. The number of hydrogen-bond donors (Lipinski definition) is 2. The molecule has 1 amide bonds. The number of carboxylic acids is 1. The smallest absolute Gasteiger partial charge is 0.407 e. The second-order valence-electron chi connectivity index (χ2n) is 7.29. The monoisotopic (exact) mass is 499 g/mol. The highest BCUT2D eigenvalue weighted by atomic mass is 79.9. The Morgan fingerprint density at radius 3 is 2.26 bits per heavy atom. The lowest BCUT2D eigenvalue weighted by molar-refractivity contribution is -0.137. The van der Waals surface area contributed by atoms with Crippen molar-refractivity contribution in [3.63, 3.8) is 0 Å². The molecule has 2 N–H and O–H groups in total. The summed E-state index contributed by atoms with van der Waals surface area (Å²) in [5.74, 6) is -1.12. The Labute approximate surface area is 193 Å². The molecule has 0 aliphatic heterocycles. The predicted octanol–water partition coefficient (Wildman–Crippen LogP) is 6.16. The highest BCUT2D eigenvalue weighted by molar-refractivity contribution is 9.10. The zero-order valence-corrected chi connectivity index (χ0v) is 18.7. The maximum atomic E-state index is 12.6. The molecule has 0 fully saturated rings. The Bertz CT molecular complexity index is 1100. The molecule has 0 bridgehead atoms. The number of fused-ring (bicyclic) bond motifs is 3. The van der Waals surface area contributed by atoms with Crippen LogP contribution in [0.25, 0.3) is 11.1 Å². The van der Waals surface area contributed by atoms with Crippen LogP contribution in [-0.4, -0.2) is 23.8 Å². The lowest BCUT2D eigenvalue weighted by atomic mass is 9.98. The van der Waals surface area contributed by atoms with Crippen LogP contribution < -0.4 is 5.32 Å². The molecule has 0 unspecified atom stereocenters. The fraction of sp³-hybridized carbons (Fsp3) is 0.167. The lowest BCUT2D eigenvalue weighted by Crippen LogP contribution is -2.32. The number of nitrogens with one attached hydrogen (secondary N) is 1. The van der Waals surface area contributed by atoms with E-state index in [1.165, 1.54) is 0 Å². The number of carboxylic acid groups (broad SMARTS) is 1.